The van der Waals surface area contributed by atoms with Crippen molar-refractivity contribution in [1.82, 2.24) is 24.7 Å². The van der Waals surface area contributed by atoms with Crippen LogP contribution in [-0.2, 0) is 13.0 Å². The van der Waals surface area contributed by atoms with Crippen LogP contribution in [0.4, 0.5) is 11.8 Å². The quantitative estimate of drug-likeness (QED) is 0.729. The van der Waals surface area contributed by atoms with Gasteiger partial charge in [0, 0.05) is 23.9 Å². The minimum atomic E-state index is 0.172. The van der Waals surface area contributed by atoms with Gasteiger partial charge in [0.05, 0.1) is 26.3 Å². The number of hydrogen-bond donors (Lipinski definition) is 2. The van der Waals surface area contributed by atoms with Crippen LogP contribution in [0.3, 0.4) is 0 Å². The van der Waals surface area contributed by atoms with Gasteiger partial charge in [0.1, 0.15) is 18.0 Å². The maximum absolute atomic E-state index is 6.12. The average Bonchev–Trinajstić information content (AvgIpc) is 3.08. The Hall–Kier alpha value is -3.10. The molecule has 130 valence electrons. The molecule has 0 spiro atoms. The van der Waals surface area contributed by atoms with E-state index in [4.69, 9.17) is 15.2 Å². The molecular formula is C16H19N7O2. The van der Waals surface area contributed by atoms with Gasteiger partial charge in [-0.25, -0.2) is 14.6 Å². The van der Waals surface area contributed by atoms with Crippen molar-refractivity contribution in [2.75, 3.05) is 25.3 Å². The van der Waals surface area contributed by atoms with E-state index >= 15 is 0 Å². The summed E-state index contributed by atoms with van der Waals surface area (Å²) < 4.78 is 12.6. The lowest BCUT2D eigenvalue weighted by molar-refractivity contribution is 0.356. The number of nitrogens with two attached hydrogens (primary N) is 1. The molecule has 25 heavy (non-hydrogen) atoms. The fraction of sp³-hybridized carbons (Fsp3) is 0.375. The van der Waals surface area contributed by atoms with E-state index in [1.54, 1.807) is 32.7 Å². The molecule has 1 aromatic carbocycles. The summed E-state index contributed by atoms with van der Waals surface area (Å²) in [5, 5.41) is 8.30. The zero-order chi connectivity index (χ0) is 17.4. The fourth-order valence-corrected chi connectivity index (χ4v) is 3.08. The van der Waals surface area contributed by atoms with Gasteiger partial charge < -0.3 is 20.5 Å². The van der Waals surface area contributed by atoms with Crippen LogP contribution in [-0.4, -0.2) is 45.0 Å². The number of nitrogens with zero attached hydrogens (tertiary/aromatic N) is 5. The number of anilines is 2. The second kappa shape index (κ2) is 6.08. The van der Waals surface area contributed by atoms with Crippen LogP contribution in [0, 0.1) is 0 Å². The molecule has 3 N–H and O–H groups in total. The zero-order valence-electron chi connectivity index (χ0n) is 14.1. The highest BCUT2D eigenvalue weighted by atomic mass is 16.5. The second-order valence-electron chi connectivity index (χ2n) is 5.90. The van der Waals surface area contributed by atoms with Gasteiger partial charge in [-0.15, -0.1) is 0 Å². The molecular weight excluding hydrogens is 322 g/mol. The Bertz CT molecular complexity index is 924. The molecule has 1 unspecified atom stereocenters. The predicted octanol–water partition coefficient (Wildman–Crippen LogP) is 1.25. The van der Waals surface area contributed by atoms with E-state index in [-0.39, 0.29) is 6.04 Å². The summed E-state index contributed by atoms with van der Waals surface area (Å²) >= 11 is 0. The highest BCUT2D eigenvalue weighted by Crippen LogP contribution is 2.33. The summed E-state index contributed by atoms with van der Waals surface area (Å²) in [6.07, 6.45) is 3.39. The van der Waals surface area contributed by atoms with Crippen molar-refractivity contribution < 1.29 is 9.47 Å². The van der Waals surface area contributed by atoms with Crippen LogP contribution in [0.15, 0.2) is 18.5 Å². The molecule has 0 saturated heterocycles. The third-order valence-electron chi connectivity index (χ3n) is 4.37. The van der Waals surface area contributed by atoms with E-state index in [0.717, 1.165) is 30.6 Å². The summed E-state index contributed by atoms with van der Waals surface area (Å²) in [4.78, 5) is 13.2. The van der Waals surface area contributed by atoms with E-state index < -0.39 is 0 Å². The first-order chi connectivity index (χ1) is 12.2. The number of rotatable bonds is 4. The van der Waals surface area contributed by atoms with Crippen LogP contribution >= 0.6 is 0 Å². The summed E-state index contributed by atoms with van der Waals surface area (Å²) in [6.45, 7) is 0.725. The highest BCUT2D eigenvalue weighted by Gasteiger charge is 2.21. The van der Waals surface area contributed by atoms with Crippen molar-refractivity contribution in [3.05, 3.63) is 24.3 Å². The average molecular weight is 341 g/mol. The monoisotopic (exact) mass is 341 g/mol. The Balaban J connectivity index is 1.64. The number of hydrogen-bond acceptors (Lipinski definition) is 8. The van der Waals surface area contributed by atoms with Crippen LogP contribution in [0.1, 0.15) is 12.2 Å². The fourth-order valence-electron chi connectivity index (χ4n) is 3.08. The van der Waals surface area contributed by atoms with E-state index in [1.807, 2.05) is 4.68 Å². The van der Waals surface area contributed by atoms with Gasteiger partial charge >= 0.3 is 0 Å². The Morgan fingerprint density at radius 2 is 2.00 bits per heavy atom. The van der Waals surface area contributed by atoms with Crippen molar-refractivity contribution in [2.45, 2.75) is 25.4 Å². The maximum atomic E-state index is 6.12. The number of fused-ring (bicyclic) bond motifs is 2. The van der Waals surface area contributed by atoms with Crippen molar-refractivity contribution >= 4 is 22.7 Å². The van der Waals surface area contributed by atoms with Crippen molar-refractivity contribution in [1.29, 1.82) is 0 Å². The van der Waals surface area contributed by atoms with Gasteiger partial charge in [0.15, 0.2) is 11.5 Å². The minimum absolute atomic E-state index is 0.172. The van der Waals surface area contributed by atoms with Gasteiger partial charge in [0.2, 0.25) is 5.95 Å². The Morgan fingerprint density at radius 3 is 2.80 bits per heavy atom. The SMILES string of the molecule is COc1cc2nc(NC3CCc4ncnn4C3)nc(N)c2cc1OC. The molecule has 1 aliphatic heterocycles. The lowest BCUT2D eigenvalue weighted by atomic mass is 10.1. The first kappa shape index (κ1) is 15.4. The highest BCUT2D eigenvalue weighted by molar-refractivity contribution is 5.91. The summed E-state index contributed by atoms with van der Waals surface area (Å²) in [5.74, 6) is 3.09. The molecule has 1 aliphatic rings. The lowest BCUT2D eigenvalue weighted by Gasteiger charge is -2.23. The topological polar surface area (TPSA) is 113 Å². The number of aryl methyl sites for hydroxylation is 1. The number of benzene rings is 1. The molecule has 3 heterocycles. The molecule has 2 aromatic heterocycles. The number of nitrogens with one attached hydrogen (secondary N) is 1. The van der Waals surface area contributed by atoms with Crippen LogP contribution < -0.4 is 20.5 Å². The van der Waals surface area contributed by atoms with Crippen molar-refractivity contribution in [3.63, 3.8) is 0 Å². The molecule has 0 fully saturated rings. The Morgan fingerprint density at radius 1 is 1.20 bits per heavy atom. The number of aromatic nitrogens is 5. The molecule has 0 bridgehead atoms. The largest absolute Gasteiger partial charge is 0.493 e. The van der Waals surface area contributed by atoms with Gasteiger partial charge in [-0.3, -0.25) is 0 Å². The first-order valence-corrected chi connectivity index (χ1v) is 8.00. The van der Waals surface area contributed by atoms with Gasteiger partial charge in [0.25, 0.3) is 0 Å². The molecule has 0 saturated carbocycles. The van der Waals surface area contributed by atoms with E-state index in [1.165, 1.54) is 0 Å². The molecule has 1 atom stereocenters. The third kappa shape index (κ3) is 2.77. The summed E-state index contributed by atoms with van der Waals surface area (Å²) in [5.41, 5.74) is 6.82. The minimum Gasteiger partial charge on any atom is -0.493 e. The number of ether oxygens (including phenoxy) is 2. The third-order valence-corrected chi connectivity index (χ3v) is 4.37. The van der Waals surface area contributed by atoms with Gasteiger partial charge in [-0.2, -0.15) is 10.1 Å². The van der Waals surface area contributed by atoms with Gasteiger partial charge in [-0.05, 0) is 12.5 Å². The second-order valence-corrected chi connectivity index (χ2v) is 5.90. The molecule has 3 aromatic rings. The van der Waals surface area contributed by atoms with Gasteiger partial charge in [-0.1, -0.05) is 0 Å². The van der Waals surface area contributed by atoms with E-state index in [2.05, 4.69) is 25.4 Å². The van der Waals surface area contributed by atoms with Crippen LogP contribution in [0.5, 0.6) is 11.5 Å². The van der Waals surface area contributed by atoms with Crippen molar-refractivity contribution in [2.24, 2.45) is 0 Å². The molecule has 0 radical (unpaired) electrons. The smallest absolute Gasteiger partial charge is 0.225 e. The number of methoxy groups -OCH3 is 2. The predicted molar refractivity (Wildman–Crippen MR) is 92.8 cm³/mol. The maximum Gasteiger partial charge on any atom is 0.225 e. The molecule has 9 nitrogen and oxygen atoms in total. The number of nitrogen functional groups attached to an aromatic ring is 1. The zero-order valence-corrected chi connectivity index (χ0v) is 14.1. The Labute approximate surface area is 144 Å². The van der Waals surface area contributed by atoms with E-state index in [9.17, 15) is 0 Å². The summed E-state index contributed by atoms with van der Waals surface area (Å²) in [7, 11) is 3.17. The summed E-state index contributed by atoms with van der Waals surface area (Å²) in [6, 6.07) is 3.76. The van der Waals surface area contributed by atoms with Crippen molar-refractivity contribution in [3.8, 4) is 11.5 Å². The molecule has 9 heteroatoms. The normalized spacial score (nSPS) is 16.5. The Kier molecular flexibility index (Phi) is 3.75. The van der Waals surface area contributed by atoms with E-state index in [0.29, 0.717) is 28.8 Å². The van der Waals surface area contributed by atoms with Crippen LogP contribution in [0.2, 0.25) is 0 Å². The lowest BCUT2D eigenvalue weighted by Crippen LogP contribution is -2.32. The molecule has 4 rings (SSSR count). The first-order valence-electron chi connectivity index (χ1n) is 8.00. The standard InChI is InChI=1S/C16H19N7O2/c1-24-12-5-10-11(6-13(12)25-2)21-16(22-15(10)17)20-9-3-4-14-18-8-19-23(14)7-9/h5-6,8-9H,3-4,7H2,1-2H3,(H3,17,20,21,22). The van der Waals surface area contributed by atoms with Crippen LogP contribution in [0.25, 0.3) is 10.9 Å². The molecule has 0 amide bonds. The molecule has 0 aliphatic carbocycles.